The Labute approximate surface area is 124 Å². The largest absolute Gasteiger partial charge is 0.508 e. The third kappa shape index (κ3) is 2.86. The van der Waals surface area contributed by atoms with Crippen LogP contribution in [-0.2, 0) is 0 Å². The van der Waals surface area contributed by atoms with Crippen molar-refractivity contribution >= 4 is 0 Å². The van der Waals surface area contributed by atoms with E-state index < -0.39 is 0 Å². The molecule has 2 unspecified atom stereocenters. The van der Waals surface area contributed by atoms with Crippen LogP contribution in [0.25, 0.3) is 0 Å². The first kappa shape index (κ1) is 13.9. The number of benzene rings is 2. The van der Waals surface area contributed by atoms with E-state index in [-0.39, 0.29) is 12.1 Å². The van der Waals surface area contributed by atoms with Crippen molar-refractivity contribution in [1.29, 1.82) is 0 Å². The summed E-state index contributed by atoms with van der Waals surface area (Å²) < 4.78 is 5.18. The van der Waals surface area contributed by atoms with Crippen molar-refractivity contribution in [2.75, 3.05) is 7.11 Å². The Bertz CT molecular complexity index is 625. The van der Waals surface area contributed by atoms with Crippen LogP contribution in [0.2, 0.25) is 0 Å². The van der Waals surface area contributed by atoms with Gasteiger partial charge in [0.2, 0.25) is 0 Å². The van der Waals surface area contributed by atoms with Crippen LogP contribution >= 0.6 is 0 Å². The summed E-state index contributed by atoms with van der Waals surface area (Å²) in [4.78, 5) is 0. The molecule has 1 fully saturated rings. The first-order chi connectivity index (χ1) is 10.2. The third-order valence-electron chi connectivity index (χ3n) is 3.98. The van der Waals surface area contributed by atoms with E-state index in [0.29, 0.717) is 5.75 Å². The van der Waals surface area contributed by atoms with E-state index in [1.54, 1.807) is 13.2 Å². The fraction of sp³-hybridized carbons (Fsp3) is 0.294. The van der Waals surface area contributed by atoms with E-state index in [2.05, 4.69) is 23.0 Å². The Kier molecular flexibility index (Phi) is 3.82. The Hall–Kier alpha value is -2.04. The zero-order valence-electron chi connectivity index (χ0n) is 12.3. The number of hydrogen-bond donors (Lipinski definition) is 3. The third-order valence-corrected chi connectivity index (χ3v) is 3.98. The van der Waals surface area contributed by atoms with Gasteiger partial charge in [0.25, 0.3) is 0 Å². The van der Waals surface area contributed by atoms with Crippen LogP contribution in [0, 0.1) is 6.92 Å². The lowest BCUT2D eigenvalue weighted by Crippen LogP contribution is -2.26. The zero-order valence-corrected chi connectivity index (χ0v) is 12.3. The Balaban J connectivity index is 1.76. The molecule has 0 spiro atoms. The highest BCUT2D eigenvalue weighted by atomic mass is 16.5. The number of ether oxygens (including phenoxy) is 1. The van der Waals surface area contributed by atoms with Crippen molar-refractivity contribution in [3.05, 3.63) is 59.2 Å². The fourth-order valence-corrected chi connectivity index (χ4v) is 2.77. The minimum Gasteiger partial charge on any atom is -0.508 e. The molecular weight excluding hydrogens is 264 g/mol. The van der Waals surface area contributed by atoms with Crippen molar-refractivity contribution in [3.8, 4) is 11.5 Å². The number of nitrogens with one attached hydrogen (secondary N) is 2. The number of aryl methyl sites for hydroxylation is 1. The van der Waals surface area contributed by atoms with E-state index in [1.807, 2.05) is 31.2 Å². The van der Waals surface area contributed by atoms with Crippen LogP contribution in [0.4, 0.5) is 0 Å². The van der Waals surface area contributed by atoms with Gasteiger partial charge in [-0.15, -0.1) is 0 Å². The summed E-state index contributed by atoms with van der Waals surface area (Å²) in [6.07, 6.45) is 0.892. The molecule has 1 saturated heterocycles. The van der Waals surface area contributed by atoms with Crippen LogP contribution in [0.5, 0.6) is 11.5 Å². The molecule has 110 valence electrons. The van der Waals surface area contributed by atoms with E-state index in [0.717, 1.165) is 23.3 Å². The van der Waals surface area contributed by atoms with Gasteiger partial charge in [-0.1, -0.05) is 29.8 Å². The molecule has 3 N–H and O–H groups in total. The average Bonchev–Trinajstić information content (AvgIpc) is 2.99. The second kappa shape index (κ2) is 5.76. The van der Waals surface area contributed by atoms with E-state index in [4.69, 9.17) is 4.74 Å². The van der Waals surface area contributed by atoms with Crippen molar-refractivity contribution < 1.29 is 9.84 Å². The van der Waals surface area contributed by atoms with Gasteiger partial charge in [0.05, 0.1) is 13.2 Å². The number of aromatic hydroxyl groups is 1. The van der Waals surface area contributed by atoms with E-state index >= 15 is 0 Å². The molecule has 4 heteroatoms. The van der Waals surface area contributed by atoms with Crippen LogP contribution in [0.1, 0.15) is 35.2 Å². The molecule has 0 aromatic heterocycles. The molecule has 2 aromatic carbocycles. The van der Waals surface area contributed by atoms with Crippen LogP contribution in [-0.4, -0.2) is 12.2 Å². The predicted octanol–water partition coefficient (Wildman–Crippen LogP) is 2.99. The average molecular weight is 284 g/mol. The highest BCUT2D eigenvalue weighted by Crippen LogP contribution is 2.35. The van der Waals surface area contributed by atoms with Gasteiger partial charge in [0, 0.05) is 11.6 Å². The molecule has 4 nitrogen and oxygen atoms in total. The Morgan fingerprint density at radius 2 is 1.76 bits per heavy atom. The molecule has 1 aliphatic rings. The van der Waals surface area contributed by atoms with Gasteiger partial charge in [-0.3, -0.25) is 0 Å². The SMILES string of the molecule is COc1ccc(C2CC(c3cc(C)ccc3O)NN2)cc1. The van der Waals surface area contributed by atoms with Gasteiger partial charge in [-0.2, -0.15) is 0 Å². The summed E-state index contributed by atoms with van der Waals surface area (Å²) in [6, 6.07) is 14.1. The summed E-state index contributed by atoms with van der Waals surface area (Å²) in [5.41, 5.74) is 9.88. The summed E-state index contributed by atoms with van der Waals surface area (Å²) in [5, 5.41) is 10.0. The van der Waals surface area contributed by atoms with Gasteiger partial charge in [0.1, 0.15) is 11.5 Å². The lowest BCUT2D eigenvalue weighted by Gasteiger charge is -2.13. The lowest BCUT2D eigenvalue weighted by atomic mass is 9.96. The molecule has 3 rings (SSSR count). The van der Waals surface area contributed by atoms with Gasteiger partial charge in [0.15, 0.2) is 0 Å². The lowest BCUT2D eigenvalue weighted by molar-refractivity contribution is 0.414. The molecule has 2 aromatic rings. The summed E-state index contributed by atoms with van der Waals surface area (Å²) in [6.45, 7) is 2.03. The molecule has 0 aliphatic carbocycles. The minimum atomic E-state index is 0.108. The maximum atomic E-state index is 10.0. The van der Waals surface area contributed by atoms with Crippen molar-refractivity contribution in [3.63, 3.8) is 0 Å². The second-order valence-corrected chi connectivity index (χ2v) is 5.46. The van der Waals surface area contributed by atoms with Crippen LogP contribution < -0.4 is 15.6 Å². The number of phenols is 1. The first-order valence-corrected chi connectivity index (χ1v) is 7.12. The van der Waals surface area contributed by atoms with Crippen LogP contribution in [0.15, 0.2) is 42.5 Å². The van der Waals surface area contributed by atoms with Crippen LogP contribution in [0.3, 0.4) is 0 Å². The van der Waals surface area contributed by atoms with Gasteiger partial charge >= 0.3 is 0 Å². The number of phenolic OH excluding ortho intramolecular Hbond substituents is 1. The number of hydrazine groups is 1. The first-order valence-electron chi connectivity index (χ1n) is 7.12. The zero-order chi connectivity index (χ0) is 14.8. The molecule has 21 heavy (non-hydrogen) atoms. The summed E-state index contributed by atoms with van der Waals surface area (Å²) >= 11 is 0. The monoisotopic (exact) mass is 284 g/mol. The minimum absolute atomic E-state index is 0.108. The van der Waals surface area contributed by atoms with Crippen molar-refractivity contribution in [1.82, 2.24) is 10.9 Å². The fourth-order valence-electron chi connectivity index (χ4n) is 2.77. The molecule has 0 saturated carbocycles. The molecule has 0 radical (unpaired) electrons. The molecule has 0 bridgehead atoms. The highest BCUT2D eigenvalue weighted by molar-refractivity contribution is 5.39. The number of rotatable bonds is 3. The Morgan fingerprint density at radius 3 is 2.48 bits per heavy atom. The molecule has 0 amide bonds. The highest BCUT2D eigenvalue weighted by Gasteiger charge is 2.27. The predicted molar refractivity (Wildman–Crippen MR) is 82.2 cm³/mol. The normalized spacial score (nSPS) is 21.4. The summed E-state index contributed by atoms with van der Waals surface area (Å²) in [5.74, 6) is 1.20. The quantitative estimate of drug-likeness (QED) is 0.811. The molecule has 1 aliphatic heterocycles. The van der Waals surface area contributed by atoms with Crippen molar-refractivity contribution in [2.45, 2.75) is 25.4 Å². The molecule has 2 atom stereocenters. The second-order valence-electron chi connectivity index (χ2n) is 5.46. The van der Waals surface area contributed by atoms with Gasteiger partial charge < -0.3 is 9.84 Å². The number of methoxy groups -OCH3 is 1. The van der Waals surface area contributed by atoms with E-state index in [1.165, 1.54) is 5.56 Å². The summed E-state index contributed by atoms with van der Waals surface area (Å²) in [7, 11) is 1.67. The molecular formula is C17H20N2O2. The standard InChI is InChI=1S/C17H20N2O2/c1-11-3-8-17(20)14(9-11)16-10-15(18-19-16)12-4-6-13(21-2)7-5-12/h3-9,15-16,18-20H,10H2,1-2H3. The van der Waals surface area contributed by atoms with E-state index in [9.17, 15) is 5.11 Å². The van der Waals surface area contributed by atoms with Crippen molar-refractivity contribution in [2.24, 2.45) is 0 Å². The van der Waals surface area contributed by atoms with Gasteiger partial charge in [-0.05, 0) is 37.1 Å². The van der Waals surface area contributed by atoms with Gasteiger partial charge in [-0.25, -0.2) is 10.9 Å². The maximum Gasteiger partial charge on any atom is 0.120 e. The number of hydrogen-bond acceptors (Lipinski definition) is 4. The molecule has 1 heterocycles. The Morgan fingerprint density at radius 1 is 1.05 bits per heavy atom. The maximum absolute atomic E-state index is 10.0. The smallest absolute Gasteiger partial charge is 0.120 e. The topological polar surface area (TPSA) is 53.5 Å².